The summed E-state index contributed by atoms with van der Waals surface area (Å²) in [6.45, 7) is 0.578. The quantitative estimate of drug-likeness (QED) is 0.840. The van der Waals surface area contributed by atoms with Gasteiger partial charge in [-0.1, -0.05) is 11.6 Å². The van der Waals surface area contributed by atoms with Crippen LogP contribution in [-0.2, 0) is 4.79 Å². The van der Waals surface area contributed by atoms with Gasteiger partial charge in [0.05, 0.1) is 12.1 Å². The van der Waals surface area contributed by atoms with E-state index in [4.69, 9.17) is 16.7 Å². The number of urea groups is 1. The van der Waals surface area contributed by atoms with E-state index >= 15 is 0 Å². The Labute approximate surface area is 136 Å². The number of nitrogens with zero attached hydrogens (tertiary/aromatic N) is 1. The summed E-state index contributed by atoms with van der Waals surface area (Å²) >= 11 is 9.21. The van der Waals surface area contributed by atoms with E-state index < -0.39 is 5.97 Å². The van der Waals surface area contributed by atoms with Crippen molar-refractivity contribution in [2.45, 2.75) is 31.7 Å². The summed E-state index contributed by atoms with van der Waals surface area (Å²) in [5, 5.41) is 12.3. The molecule has 7 heteroatoms. The molecule has 0 radical (unpaired) electrons. The summed E-state index contributed by atoms with van der Waals surface area (Å²) in [4.78, 5) is 24.9. The molecule has 1 atom stereocenters. The van der Waals surface area contributed by atoms with Crippen molar-refractivity contribution in [1.82, 2.24) is 4.90 Å². The second-order valence-corrected chi connectivity index (χ2v) is 6.29. The summed E-state index contributed by atoms with van der Waals surface area (Å²) < 4.78 is 0.690. The number of nitrogens with one attached hydrogen (secondary N) is 1. The molecule has 1 saturated heterocycles. The SMILES string of the molecule is O=C(O)CC1CCCCN1C(=O)Nc1ccc(Cl)cc1Br. The molecule has 1 aliphatic heterocycles. The summed E-state index contributed by atoms with van der Waals surface area (Å²) in [7, 11) is 0. The van der Waals surface area contributed by atoms with Crippen LogP contribution >= 0.6 is 27.5 Å². The monoisotopic (exact) mass is 374 g/mol. The molecule has 1 heterocycles. The molecule has 5 nitrogen and oxygen atoms in total. The molecule has 21 heavy (non-hydrogen) atoms. The average Bonchev–Trinajstić information content (AvgIpc) is 2.42. The molecule has 0 bridgehead atoms. The maximum absolute atomic E-state index is 12.4. The predicted octanol–water partition coefficient (Wildman–Crippen LogP) is 3.96. The molecule has 0 aliphatic carbocycles. The van der Waals surface area contributed by atoms with Crippen molar-refractivity contribution in [3.8, 4) is 0 Å². The van der Waals surface area contributed by atoms with Gasteiger partial charge in [-0.3, -0.25) is 4.79 Å². The molecule has 1 aliphatic rings. The van der Waals surface area contributed by atoms with E-state index in [2.05, 4.69) is 21.2 Å². The van der Waals surface area contributed by atoms with Crippen LogP contribution in [0.2, 0.25) is 5.02 Å². The van der Waals surface area contributed by atoms with Crippen LogP contribution in [0.15, 0.2) is 22.7 Å². The van der Waals surface area contributed by atoms with Gasteiger partial charge in [-0.15, -0.1) is 0 Å². The maximum Gasteiger partial charge on any atom is 0.322 e. The number of carboxylic acids is 1. The van der Waals surface area contributed by atoms with Crippen LogP contribution in [0, 0.1) is 0 Å². The summed E-state index contributed by atoms with van der Waals surface area (Å²) in [5.41, 5.74) is 0.615. The molecule has 0 saturated carbocycles. The Morgan fingerprint density at radius 2 is 2.19 bits per heavy atom. The summed E-state index contributed by atoms with van der Waals surface area (Å²) in [6, 6.07) is 4.57. The van der Waals surface area contributed by atoms with Crippen molar-refractivity contribution in [3.63, 3.8) is 0 Å². The second kappa shape index (κ2) is 7.13. The minimum Gasteiger partial charge on any atom is -0.481 e. The number of hydrogen-bond acceptors (Lipinski definition) is 2. The normalized spacial score (nSPS) is 18.4. The maximum atomic E-state index is 12.4. The number of amides is 2. The first kappa shape index (κ1) is 16.1. The van der Waals surface area contributed by atoms with Gasteiger partial charge in [0.25, 0.3) is 0 Å². The number of benzene rings is 1. The van der Waals surface area contributed by atoms with Crippen LogP contribution in [0.5, 0.6) is 0 Å². The molecule has 1 aromatic carbocycles. The van der Waals surface area contributed by atoms with E-state index in [0.29, 0.717) is 21.7 Å². The molecule has 1 aromatic rings. The van der Waals surface area contributed by atoms with Crippen molar-refractivity contribution in [3.05, 3.63) is 27.7 Å². The molecular weight excluding hydrogens is 360 g/mol. The third-order valence-corrected chi connectivity index (χ3v) is 4.36. The van der Waals surface area contributed by atoms with Crippen LogP contribution in [0.1, 0.15) is 25.7 Å². The molecule has 0 spiro atoms. The molecule has 0 aromatic heterocycles. The van der Waals surface area contributed by atoms with Crippen LogP contribution in [-0.4, -0.2) is 34.6 Å². The molecule has 2 rings (SSSR count). The highest BCUT2D eigenvalue weighted by Crippen LogP contribution is 2.27. The van der Waals surface area contributed by atoms with E-state index in [1.165, 1.54) is 0 Å². The largest absolute Gasteiger partial charge is 0.481 e. The smallest absolute Gasteiger partial charge is 0.322 e. The van der Waals surface area contributed by atoms with Crippen molar-refractivity contribution < 1.29 is 14.7 Å². The number of piperidine rings is 1. The molecule has 1 fully saturated rings. The number of hydrogen-bond donors (Lipinski definition) is 2. The van der Waals surface area contributed by atoms with Crippen LogP contribution in [0.3, 0.4) is 0 Å². The first-order valence-electron chi connectivity index (χ1n) is 6.72. The zero-order valence-electron chi connectivity index (χ0n) is 11.3. The average molecular weight is 376 g/mol. The van der Waals surface area contributed by atoms with Gasteiger partial charge in [0.15, 0.2) is 0 Å². The molecule has 114 valence electrons. The lowest BCUT2D eigenvalue weighted by atomic mass is 10.00. The lowest BCUT2D eigenvalue weighted by Crippen LogP contribution is -2.46. The minimum absolute atomic E-state index is 0.0186. The third-order valence-electron chi connectivity index (χ3n) is 3.47. The predicted molar refractivity (Wildman–Crippen MR) is 84.8 cm³/mol. The second-order valence-electron chi connectivity index (χ2n) is 5.00. The number of anilines is 1. The summed E-state index contributed by atoms with van der Waals surface area (Å²) in [6.07, 6.45) is 2.55. The van der Waals surface area contributed by atoms with Crippen LogP contribution in [0.25, 0.3) is 0 Å². The number of carbonyl (C=O) groups is 2. The Bertz CT molecular complexity index is 553. The lowest BCUT2D eigenvalue weighted by Gasteiger charge is -2.35. The van der Waals surface area contributed by atoms with Gasteiger partial charge in [-0.05, 0) is 53.4 Å². The van der Waals surface area contributed by atoms with Gasteiger partial charge in [0, 0.05) is 22.1 Å². The fraction of sp³-hybridized carbons (Fsp3) is 0.429. The highest BCUT2D eigenvalue weighted by molar-refractivity contribution is 9.10. The standard InChI is InChI=1S/C14H16BrClN2O3/c15-11-7-9(16)4-5-12(11)17-14(21)18-6-2-1-3-10(18)8-13(19)20/h4-5,7,10H,1-3,6,8H2,(H,17,21)(H,19,20). The minimum atomic E-state index is -0.882. The van der Waals surface area contributed by atoms with E-state index in [-0.39, 0.29) is 18.5 Å². The van der Waals surface area contributed by atoms with Gasteiger partial charge in [-0.25, -0.2) is 4.79 Å². The van der Waals surface area contributed by atoms with Gasteiger partial charge < -0.3 is 15.3 Å². The van der Waals surface area contributed by atoms with E-state index in [9.17, 15) is 9.59 Å². The van der Waals surface area contributed by atoms with Crippen molar-refractivity contribution in [2.75, 3.05) is 11.9 Å². The highest BCUT2D eigenvalue weighted by Gasteiger charge is 2.28. The number of carbonyl (C=O) groups excluding carboxylic acids is 1. The Morgan fingerprint density at radius 3 is 2.86 bits per heavy atom. The third kappa shape index (κ3) is 4.35. The van der Waals surface area contributed by atoms with E-state index in [1.807, 2.05) is 0 Å². The molecule has 2 amide bonds. The first-order valence-corrected chi connectivity index (χ1v) is 7.89. The highest BCUT2D eigenvalue weighted by atomic mass is 79.9. The van der Waals surface area contributed by atoms with E-state index in [1.54, 1.807) is 23.1 Å². The Morgan fingerprint density at radius 1 is 1.43 bits per heavy atom. The zero-order chi connectivity index (χ0) is 15.4. The Balaban J connectivity index is 2.08. The lowest BCUT2D eigenvalue weighted by molar-refractivity contribution is -0.138. The van der Waals surface area contributed by atoms with Crippen molar-refractivity contribution >= 4 is 45.2 Å². The fourth-order valence-electron chi connectivity index (χ4n) is 2.46. The van der Waals surface area contributed by atoms with Gasteiger partial charge in [0.2, 0.25) is 0 Å². The zero-order valence-corrected chi connectivity index (χ0v) is 13.7. The van der Waals surface area contributed by atoms with Gasteiger partial charge in [-0.2, -0.15) is 0 Å². The number of likely N-dealkylation sites (tertiary alicyclic amines) is 1. The number of aliphatic carboxylic acids is 1. The molecule has 2 N–H and O–H groups in total. The molecular formula is C14H16BrClN2O3. The van der Waals surface area contributed by atoms with Crippen LogP contribution in [0.4, 0.5) is 10.5 Å². The molecule has 1 unspecified atom stereocenters. The number of rotatable bonds is 3. The fourth-order valence-corrected chi connectivity index (χ4v) is 3.24. The first-order chi connectivity index (χ1) is 9.97. The van der Waals surface area contributed by atoms with Crippen molar-refractivity contribution in [2.24, 2.45) is 0 Å². The van der Waals surface area contributed by atoms with E-state index in [0.717, 1.165) is 19.3 Å². The topological polar surface area (TPSA) is 69.6 Å². The van der Waals surface area contributed by atoms with Crippen molar-refractivity contribution in [1.29, 1.82) is 0 Å². The number of halogens is 2. The Kier molecular flexibility index (Phi) is 5.47. The van der Waals surface area contributed by atoms with Gasteiger partial charge in [0.1, 0.15) is 0 Å². The van der Waals surface area contributed by atoms with Gasteiger partial charge >= 0.3 is 12.0 Å². The Hall–Kier alpha value is -1.27. The van der Waals surface area contributed by atoms with Crippen LogP contribution < -0.4 is 5.32 Å². The number of carboxylic acid groups (broad SMARTS) is 1. The summed E-state index contributed by atoms with van der Waals surface area (Å²) in [5.74, 6) is -0.882.